The standard InChI is InChI=1S/C21H23BrO5/c1-4-15-8-9-19(18(22)10-15)25-13-20(23)27-17-7-5-6-16(11-17)21(24)26-12-14(2)3/h5-11,14H,4,12-13H2,1-3H3. The molecule has 0 radical (unpaired) electrons. The van der Waals surface area contributed by atoms with Crippen molar-refractivity contribution in [2.24, 2.45) is 5.92 Å². The largest absolute Gasteiger partial charge is 0.481 e. The third-order valence-electron chi connectivity index (χ3n) is 3.60. The predicted octanol–water partition coefficient (Wildman–Crippen LogP) is 4.81. The van der Waals surface area contributed by atoms with E-state index in [0.717, 1.165) is 16.5 Å². The Balaban J connectivity index is 1.92. The number of benzene rings is 2. The van der Waals surface area contributed by atoms with E-state index in [2.05, 4.69) is 22.9 Å². The lowest BCUT2D eigenvalue weighted by atomic mass is 10.2. The SMILES string of the molecule is CCc1ccc(OCC(=O)Oc2cccc(C(=O)OCC(C)C)c2)c(Br)c1. The molecule has 0 saturated carbocycles. The van der Waals surface area contributed by atoms with Crippen molar-refractivity contribution < 1.29 is 23.8 Å². The molecule has 27 heavy (non-hydrogen) atoms. The summed E-state index contributed by atoms with van der Waals surface area (Å²) in [6, 6.07) is 12.0. The second-order valence-electron chi connectivity index (χ2n) is 6.40. The summed E-state index contributed by atoms with van der Waals surface area (Å²) < 4.78 is 16.7. The lowest BCUT2D eigenvalue weighted by Crippen LogP contribution is -2.18. The van der Waals surface area contributed by atoms with Gasteiger partial charge in [0.15, 0.2) is 6.61 Å². The number of hydrogen-bond donors (Lipinski definition) is 0. The summed E-state index contributed by atoms with van der Waals surface area (Å²) in [5, 5.41) is 0. The number of aryl methyl sites for hydroxylation is 1. The quantitative estimate of drug-likeness (QED) is 0.440. The van der Waals surface area contributed by atoms with Gasteiger partial charge in [-0.2, -0.15) is 0 Å². The van der Waals surface area contributed by atoms with Crippen LogP contribution in [0, 0.1) is 5.92 Å². The third-order valence-corrected chi connectivity index (χ3v) is 4.22. The summed E-state index contributed by atoms with van der Waals surface area (Å²) in [4.78, 5) is 24.0. The fraction of sp³-hybridized carbons (Fsp3) is 0.333. The molecule has 0 heterocycles. The van der Waals surface area contributed by atoms with E-state index < -0.39 is 11.9 Å². The molecule has 0 saturated heterocycles. The molecule has 0 aliphatic rings. The number of esters is 2. The van der Waals surface area contributed by atoms with Crippen LogP contribution in [0.2, 0.25) is 0 Å². The van der Waals surface area contributed by atoms with Gasteiger partial charge in [-0.25, -0.2) is 9.59 Å². The first-order chi connectivity index (χ1) is 12.9. The average Bonchev–Trinajstić information content (AvgIpc) is 2.65. The minimum atomic E-state index is -0.561. The first-order valence-corrected chi connectivity index (χ1v) is 9.57. The van der Waals surface area contributed by atoms with Gasteiger partial charge in [0.05, 0.1) is 16.6 Å². The summed E-state index contributed by atoms with van der Waals surface area (Å²) in [6.45, 7) is 6.07. The molecule has 6 heteroatoms. The zero-order valence-electron chi connectivity index (χ0n) is 15.7. The number of hydrogen-bond acceptors (Lipinski definition) is 5. The highest BCUT2D eigenvalue weighted by atomic mass is 79.9. The van der Waals surface area contributed by atoms with Crippen LogP contribution in [0.5, 0.6) is 11.5 Å². The van der Waals surface area contributed by atoms with E-state index >= 15 is 0 Å². The fourth-order valence-electron chi connectivity index (χ4n) is 2.19. The van der Waals surface area contributed by atoms with Gasteiger partial charge in [0, 0.05) is 0 Å². The van der Waals surface area contributed by atoms with Gasteiger partial charge in [-0.15, -0.1) is 0 Å². The number of carbonyl (C=O) groups is 2. The Kier molecular flexibility index (Phi) is 7.85. The summed E-state index contributed by atoms with van der Waals surface area (Å²) in [6.07, 6.45) is 0.914. The molecular weight excluding hydrogens is 412 g/mol. The van der Waals surface area contributed by atoms with Gasteiger partial charge in [-0.3, -0.25) is 0 Å². The number of ether oxygens (including phenoxy) is 3. The smallest absolute Gasteiger partial charge is 0.349 e. The van der Waals surface area contributed by atoms with Gasteiger partial charge in [0.2, 0.25) is 0 Å². The number of rotatable bonds is 8. The second kappa shape index (κ2) is 10.1. The van der Waals surface area contributed by atoms with Crippen molar-refractivity contribution in [1.82, 2.24) is 0 Å². The fourth-order valence-corrected chi connectivity index (χ4v) is 2.73. The lowest BCUT2D eigenvalue weighted by molar-refractivity contribution is -0.136. The van der Waals surface area contributed by atoms with E-state index in [9.17, 15) is 9.59 Å². The third kappa shape index (κ3) is 6.71. The molecule has 0 spiro atoms. The molecule has 2 rings (SSSR count). The van der Waals surface area contributed by atoms with Crippen molar-refractivity contribution in [2.45, 2.75) is 27.2 Å². The predicted molar refractivity (Wildman–Crippen MR) is 106 cm³/mol. The van der Waals surface area contributed by atoms with Crippen LogP contribution in [0.25, 0.3) is 0 Å². The van der Waals surface area contributed by atoms with Crippen LogP contribution < -0.4 is 9.47 Å². The van der Waals surface area contributed by atoms with E-state index in [4.69, 9.17) is 14.2 Å². The van der Waals surface area contributed by atoms with Gasteiger partial charge in [0.1, 0.15) is 11.5 Å². The Morgan fingerprint density at radius 3 is 2.56 bits per heavy atom. The Morgan fingerprint density at radius 2 is 1.89 bits per heavy atom. The van der Waals surface area contributed by atoms with Crippen molar-refractivity contribution in [2.75, 3.05) is 13.2 Å². The van der Waals surface area contributed by atoms with Gasteiger partial charge >= 0.3 is 11.9 Å². The molecule has 0 unspecified atom stereocenters. The van der Waals surface area contributed by atoms with Crippen LogP contribution in [-0.2, 0) is 16.0 Å². The molecule has 2 aromatic rings. The van der Waals surface area contributed by atoms with Crippen LogP contribution >= 0.6 is 15.9 Å². The van der Waals surface area contributed by atoms with Crippen LogP contribution in [0.1, 0.15) is 36.7 Å². The molecule has 0 bridgehead atoms. The minimum Gasteiger partial charge on any atom is -0.481 e. The highest BCUT2D eigenvalue weighted by Crippen LogP contribution is 2.26. The maximum atomic E-state index is 12.0. The van der Waals surface area contributed by atoms with Crippen molar-refractivity contribution in [3.63, 3.8) is 0 Å². The van der Waals surface area contributed by atoms with E-state index in [1.54, 1.807) is 18.2 Å². The summed E-state index contributed by atoms with van der Waals surface area (Å²) in [5.41, 5.74) is 1.50. The van der Waals surface area contributed by atoms with Crippen LogP contribution in [-0.4, -0.2) is 25.2 Å². The van der Waals surface area contributed by atoms with Gasteiger partial charge in [0.25, 0.3) is 0 Å². The first-order valence-electron chi connectivity index (χ1n) is 8.78. The number of halogens is 1. The average molecular weight is 435 g/mol. The maximum absolute atomic E-state index is 12.0. The normalized spacial score (nSPS) is 10.6. The van der Waals surface area contributed by atoms with Crippen LogP contribution in [0.3, 0.4) is 0 Å². The van der Waals surface area contributed by atoms with Gasteiger partial charge in [-0.05, 0) is 64.2 Å². The molecular formula is C21H23BrO5. The van der Waals surface area contributed by atoms with Gasteiger partial charge < -0.3 is 14.2 Å². The molecule has 144 valence electrons. The molecule has 5 nitrogen and oxygen atoms in total. The molecule has 0 aliphatic heterocycles. The maximum Gasteiger partial charge on any atom is 0.349 e. The molecule has 0 amide bonds. The lowest BCUT2D eigenvalue weighted by Gasteiger charge is -2.10. The van der Waals surface area contributed by atoms with Crippen molar-refractivity contribution in [3.05, 3.63) is 58.1 Å². The summed E-state index contributed by atoms with van der Waals surface area (Å²) >= 11 is 3.43. The summed E-state index contributed by atoms with van der Waals surface area (Å²) in [7, 11) is 0. The molecule has 0 atom stereocenters. The van der Waals surface area contributed by atoms with Crippen LogP contribution in [0.4, 0.5) is 0 Å². The molecule has 0 fully saturated rings. The highest BCUT2D eigenvalue weighted by molar-refractivity contribution is 9.10. The zero-order valence-corrected chi connectivity index (χ0v) is 17.2. The number of carbonyl (C=O) groups excluding carboxylic acids is 2. The Labute approximate surface area is 167 Å². The first kappa shape index (κ1) is 21.0. The molecule has 0 N–H and O–H groups in total. The highest BCUT2D eigenvalue weighted by Gasteiger charge is 2.12. The minimum absolute atomic E-state index is 0.244. The van der Waals surface area contributed by atoms with Crippen LogP contribution in [0.15, 0.2) is 46.9 Å². The van der Waals surface area contributed by atoms with Crippen molar-refractivity contribution in [3.8, 4) is 11.5 Å². The molecule has 2 aromatic carbocycles. The Bertz CT molecular complexity index is 801. The van der Waals surface area contributed by atoms with Gasteiger partial charge in [-0.1, -0.05) is 32.9 Å². The summed E-state index contributed by atoms with van der Waals surface area (Å²) in [5.74, 6) is 0.0722. The monoisotopic (exact) mass is 434 g/mol. The second-order valence-corrected chi connectivity index (χ2v) is 7.26. The van der Waals surface area contributed by atoms with E-state index in [1.807, 2.05) is 32.0 Å². The Hall–Kier alpha value is -2.34. The van der Waals surface area contributed by atoms with Crippen molar-refractivity contribution >= 4 is 27.9 Å². The Morgan fingerprint density at radius 1 is 1.11 bits per heavy atom. The van der Waals surface area contributed by atoms with E-state index in [0.29, 0.717) is 17.9 Å². The van der Waals surface area contributed by atoms with Crippen molar-refractivity contribution in [1.29, 1.82) is 0 Å². The zero-order chi connectivity index (χ0) is 19.8. The van der Waals surface area contributed by atoms with E-state index in [-0.39, 0.29) is 18.3 Å². The van der Waals surface area contributed by atoms with E-state index in [1.165, 1.54) is 6.07 Å². The molecule has 0 aromatic heterocycles. The topological polar surface area (TPSA) is 61.8 Å². The molecule has 0 aliphatic carbocycles.